The van der Waals surface area contributed by atoms with Crippen LogP contribution in [0, 0.1) is 0 Å². The zero-order chi connectivity index (χ0) is 14.0. The molecule has 1 heterocycles. The average Bonchev–Trinajstić information content (AvgIpc) is 2.68. The Morgan fingerprint density at radius 2 is 2.11 bits per heavy atom. The number of rotatable bonds is 3. The van der Waals surface area contributed by atoms with Gasteiger partial charge in [-0.2, -0.15) is 0 Å². The van der Waals surface area contributed by atoms with Crippen LogP contribution in [0.15, 0.2) is 29.1 Å². The fraction of sp³-hybridized carbons (Fsp3) is 0.231. The SMILES string of the molecule is COC(=O)c1[nH]c(=O)n(C)c1Cc1ccccc1Cl. The Balaban J connectivity index is 2.48. The number of hydrogen-bond acceptors (Lipinski definition) is 3. The van der Waals surface area contributed by atoms with E-state index in [1.165, 1.54) is 11.7 Å². The quantitative estimate of drug-likeness (QED) is 0.871. The molecular formula is C13H13ClN2O3. The molecule has 0 aliphatic carbocycles. The number of H-pyrrole nitrogens is 1. The first kappa shape index (κ1) is 13.4. The molecule has 0 saturated heterocycles. The van der Waals surface area contributed by atoms with Crippen molar-refractivity contribution in [2.24, 2.45) is 7.05 Å². The molecule has 0 aliphatic rings. The normalized spacial score (nSPS) is 10.5. The van der Waals surface area contributed by atoms with Crippen LogP contribution in [-0.4, -0.2) is 22.6 Å². The maximum absolute atomic E-state index is 11.6. The molecule has 0 bridgehead atoms. The molecule has 0 radical (unpaired) electrons. The molecule has 100 valence electrons. The number of hydrogen-bond donors (Lipinski definition) is 1. The van der Waals surface area contributed by atoms with Crippen molar-refractivity contribution < 1.29 is 9.53 Å². The van der Waals surface area contributed by atoms with Crippen LogP contribution in [-0.2, 0) is 18.2 Å². The van der Waals surface area contributed by atoms with E-state index in [9.17, 15) is 9.59 Å². The van der Waals surface area contributed by atoms with Crippen LogP contribution in [0.25, 0.3) is 0 Å². The Morgan fingerprint density at radius 1 is 1.42 bits per heavy atom. The van der Waals surface area contributed by atoms with Crippen LogP contribution in [0.5, 0.6) is 0 Å². The lowest BCUT2D eigenvalue weighted by Gasteiger charge is -2.06. The van der Waals surface area contributed by atoms with Crippen molar-refractivity contribution in [3.63, 3.8) is 0 Å². The molecule has 0 aliphatic heterocycles. The Kier molecular flexibility index (Phi) is 3.76. The van der Waals surface area contributed by atoms with E-state index >= 15 is 0 Å². The fourth-order valence-electron chi connectivity index (χ4n) is 1.85. The van der Waals surface area contributed by atoms with Gasteiger partial charge in [-0.15, -0.1) is 0 Å². The molecule has 6 heteroatoms. The molecule has 1 aromatic heterocycles. The second-order valence-corrected chi connectivity index (χ2v) is 4.48. The van der Waals surface area contributed by atoms with Crippen molar-refractivity contribution in [2.45, 2.75) is 6.42 Å². The summed E-state index contributed by atoms with van der Waals surface area (Å²) >= 11 is 6.09. The van der Waals surface area contributed by atoms with Crippen molar-refractivity contribution in [1.29, 1.82) is 0 Å². The van der Waals surface area contributed by atoms with Gasteiger partial charge in [0, 0.05) is 18.5 Å². The molecule has 1 aromatic carbocycles. The first-order valence-corrected chi connectivity index (χ1v) is 6.02. The van der Waals surface area contributed by atoms with E-state index in [0.29, 0.717) is 17.1 Å². The Labute approximate surface area is 114 Å². The zero-order valence-electron chi connectivity index (χ0n) is 10.6. The maximum atomic E-state index is 11.6. The second-order valence-electron chi connectivity index (χ2n) is 4.07. The summed E-state index contributed by atoms with van der Waals surface area (Å²) in [5.41, 5.74) is 1.19. The van der Waals surface area contributed by atoms with E-state index < -0.39 is 5.97 Å². The average molecular weight is 281 g/mol. The zero-order valence-corrected chi connectivity index (χ0v) is 11.3. The summed E-state index contributed by atoms with van der Waals surface area (Å²) in [6.07, 6.45) is 0.374. The summed E-state index contributed by atoms with van der Waals surface area (Å²) in [6, 6.07) is 7.29. The molecule has 0 atom stereocenters. The van der Waals surface area contributed by atoms with Gasteiger partial charge in [0.2, 0.25) is 0 Å². The fourth-order valence-corrected chi connectivity index (χ4v) is 2.06. The van der Waals surface area contributed by atoms with Gasteiger partial charge in [-0.25, -0.2) is 9.59 Å². The highest BCUT2D eigenvalue weighted by atomic mass is 35.5. The van der Waals surface area contributed by atoms with Crippen molar-refractivity contribution in [2.75, 3.05) is 7.11 Å². The van der Waals surface area contributed by atoms with Crippen LogP contribution in [0.3, 0.4) is 0 Å². The molecule has 1 N–H and O–H groups in total. The molecule has 0 spiro atoms. The largest absolute Gasteiger partial charge is 0.464 e. The number of carbonyl (C=O) groups is 1. The molecule has 19 heavy (non-hydrogen) atoms. The van der Waals surface area contributed by atoms with E-state index in [-0.39, 0.29) is 11.4 Å². The van der Waals surface area contributed by atoms with E-state index in [4.69, 9.17) is 11.6 Å². The standard InChI is InChI=1S/C13H13ClN2O3/c1-16-10(7-8-5-3-4-6-9(8)14)11(12(17)19-2)15-13(16)18/h3-6H,7H2,1-2H3,(H,15,18). The number of nitrogens with one attached hydrogen (secondary N) is 1. The summed E-state index contributed by atoms with van der Waals surface area (Å²) in [5.74, 6) is -0.570. The van der Waals surface area contributed by atoms with Gasteiger partial charge >= 0.3 is 11.7 Å². The van der Waals surface area contributed by atoms with Crippen molar-refractivity contribution in [1.82, 2.24) is 9.55 Å². The Bertz CT molecular complexity index is 673. The van der Waals surface area contributed by atoms with Gasteiger partial charge < -0.3 is 4.74 Å². The summed E-state index contributed by atoms with van der Waals surface area (Å²) in [5, 5.41) is 0.590. The molecule has 0 saturated carbocycles. The van der Waals surface area contributed by atoms with Gasteiger partial charge in [0.25, 0.3) is 0 Å². The van der Waals surface area contributed by atoms with Gasteiger partial charge in [-0.05, 0) is 11.6 Å². The highest BCUT2D eigenvalue weighted by Crippen LogP contribution is 2.19. The summed E-state index contributed by atoms with van der Waals surface area (Å²) in [4.78, 5) is 25.8. The molecule has 2 rings (SSSR count). The number of ether oxygens (including phenoxy) is 1. The lowest BCUT2D eigenvalue weighted by atomic mass is 10.1. The lowest BCUT2D eigenvalue weighted by molar-refractivity contribution is 0.0593. The predicted octanol–water partition coefficient (Wildman–Crippen LogP) is 1.74. The highest BCUT2D eigenvalue weighted by molar-refractivity contribution is 6.31. The number of carbonyl (C=O) groups excluding carboxylic acids is 1. The topological polar surface area (TPSA) is 64.1 Å². The van der Waals surface area contributed by atoms with Crippen LogP contribution < -0.4 is 5.69 Å². The molecule has 0 unspecified atom stereocenters. The molecular weight excluding hydrogens is 268 g/mol. The summed E-state index contributed by atoms with van der Waals surface area (Å²) in [7, 11) is 2.87. The lowest BCUT2D eigenvalue weighted by Crippen LogP contribution is -2.14. The number of esters is 1. The summed E-state index contributed by atoms with van der Waals surface area (Å²) in [6.45, 7) is 0. The molecule has 0 fully saturated rings. The van der Waals surface area contributed by atoms with E-state index in [2.05, 4.69) is 9.72 Å². The number of nitrogens with zero attached hydrogens (tertiary/aromatic N) is 1. The first-order chi connectivity index (χ1) is 9.04. The third kappa shape index (κ3) is 2.56. The van der Waals surface area contributed by atoms with Gasteiger partial charge in [0.1, 0.15) is 5.69 Å². The molecule has 5 nitrogen and oxygen atoms in total. The minimum Gasteiger partial charge on any atom is -0.464 e. The van der Waals surface area contributed by atoms with Gasteiger partial charge in [-0.3, -0.25) is 9.55 Å². The van der Waals surface area contributed by atoms with Crippen molar-refractivity contribution in [3.05, 3.63) is 56.7 Å². The number of imidazole rings is 1. The third-order valence-corrected chi connectivity index (χ3v) is 3.30. The molecule has 0 amide bonds. The highest BCUT2D eigenvalue weighted by Gasteiger charge is 2.19. The number of halogens is 1. The van der Waals surface area contributed by atoms with Crippen LogP contribution in [0.1, 0.15) is 21.7 Å². The van der Waals surface area contributed by atoms with E-state index in [0.717, 1.165) is 5.56 Å². The van der Waals surface area contributed by atoms with Gasteiger partial charge in [-0.1, -0.05) is 29.8 Å². The van der Waals surface area contributed by atoms with Crippen LogP contribution in [0.2, 0.25) is 5.02 Å². The number of aromatic amines is 1. The van der Waals surface area contributed by atoms with E-state index in [1.54, 1.807) is 13.1 Å². The second kappa shape index (κ2) is 5.32. The minimum absolute atomic E-state index is 0.162. The minimum atomic E-state index is -0.570. The number of benzene rings is 1. The predicted molar refractivity (Wildman–Crippen MR) is 71.6 cm³/mol. The van der Waals surface area contributed by atoms with Gasteiger partial charge in [0.05, 0.1) is 12.8 Å². The van der Waals surface area contributed by atoms with Crippen LogP contribution in [0.4, 0.5) is 0 Å². The van der Waals surface area contributed by atoms with Crippen molar-refractivity contribution >= 4 is 17.6 Å². The molecule has 2 aromatic rings. The maximum Gasteiger partial charge on any atom is 0.356 e. The summed E-state index contributed by atoms with van der Waals surface area (Å²) < 4.78 is 6.04. The smallest absolute Gasteiger partial charge is 0.356 e. The van der Waals surface area contributed by atoms with Gasteiger partial charge in [0.15, 0.2) is 0 Å². The van der Waals surface area contributed by atoms with Crippen LogP contribution >= 0.6 is 11.6 Å². The number of methoxy groups -OCH3 is 1. The first-order valence-electron chi connectivity index (χ1n) is 5.64. The third-order valence-electron chi connectivity index (χ3n) is 2.94. The Morgan fingerprint density at radius 3 is 2.74 bits per heavy atom. The van der Waals surface area contributed by atoms with E-state index in [1.807, 2.05) is 18.2 Å². The monoisotopic (exact) mass is 280 g/mol. The number of aromatic nitrogens is 2. The van der Waals surface area contributed by atoms with Crippen molar-refractivity contribution in [3.8, 4) is 0 Å². The Hall–Kier alpha value is -2.01.